The lowest BCUT2D eigenvalue weighted by molar-refractivity contribution is 0.0383. The summed E-state index contributed by atoms with van der Waals surface area (Å²) in [6, 6.07) is 5.73. The van der Waals surface area contributed by atoms with Crippen LogP contribution in [0.1, 0.15) is 35.9 Å². The van der Waals surface area contributed by atoms with Crippen molar-refractivity contribution in [3.8, 4) is 0 Å². The van der Waals surface area contributed by atoms with Crippen molar-refractivity contribution < 1.29 is 9.53 Å². The van der Waals surface area contributed by atoms with Crippen LogP contribution in [0.2, 0.25) is 0 Å². The first kappa shape index (κ1) is 16.9. The van der Waals surface area contributed by atoms with Gasteiger partial charge >= 0.3 is 0 Å². The number of amides is 1. The van der Waals surface area contributed by atoms with Crippen LogP contribution in [0, 0.1) is 0 Å². The largest absolute Gasteiger partial charge is 0.379 e. The zero-order chi connectivity index (χ0) is 17.1. The third-order valence-corrected chi connectivity index (χ3v) is 4.51. The van der Waals surface area contributed by atoms with Crippen LogP contribution in [-0.4, -0.2) is 59.8 Å². The Bertz CT molecular complexity index is 717. The zero-order valence-electron chi connectivity index (χ0n) is 14.7. The van der Waals surface area contributed by atoms with E-state index in [4.69, 9.17) is 4.74 Å². The van der Waals surface area contributed by atoms with E-state index in [2.05, 4.69) is 33.6 Å². The van der Waals surface area contributed by atoms with E-state index >= 15 is 0 Å². The number of carbonyl (C=O) groups excluding carboxylic acids is 1. The van der Waals surface area contributed by atoms with Crippen LogP contribution in [0.5, 0.6) is 0 Å². The van der Waals surface area contributed by atoms with Gasteiger partial charge in [-0.2, -0.15) is 0 Å². The lowest BCUT2D eigenvalue weighted by Crippen LogP contribution is -2.41. The van der Waals surface area contributed by atoms with E-state index in [1.165, 1.54) is 0 Å². The normalized spacial score (nSPS) is 16.0. The number of nitrogens with one attached hydrogen (secondary N) is 1. The molecule has 2 heterocycles. The molecule has 1 aliphatic rings. The summed E-state index contributed by atoms with van der Waals surface area (Å²) in [7, 11) is 2.02. The van der Waals surface area contributed by atoms with Crippen molar-refractivity contribution in [2.24, 2.45) is 7.05 Å². The first-order valence-corrected chi connectivity index (χ1v) is 8.61. The number of imidazole rings is 1. The Morgan fingerprint density at radius 2 is 2.08 bits per heavy atom. The van der Waals surface area contributed by atoms with Gasteiger partial charge in [-0.3, -0.25) is 9.69 Å². The second-order valence-electron chi connectivity index (χ2n) is 6.60. The molecule has 24 heavy (non-hydrogen) atoms. The maximum absolute atomic E-state index is 12.4. The predicted octanol–water partition coefficient (Wildman–Crippen LogP) is 1.76. The van der Waals surface area contributed by atoms with Gasteiger partial charge in [-0.05, 0) is 18.2 Å². The minimum atomic E-state index is -0.0399. The summed E-state index contributed by atoms with van der Waals surface area (Å²) in [6.45, 7) is 9.20. The first-order valence-electron chi connectivity index (χ1n) is 8.61. The van der Waals surface area contributed by atoms with Crippen LogP contribution < -0.4 is 5.32 Å². The molecule has 1 N–H and O–H groups in total. The third kappa shape index (κ3) is 3.60. The van der Waals surface area contributed by atoms with Crippen LogP contribution in [0.25, 0.3) is 11.0 Å². The Kier molecular flexibility index (Phi) is 5.16. The van der Waals surface area contributed by atoms with Gasteiger partial charge in [0.1, 0.15) is 5.82 Å². The maximum Gasteiger partial charge on any atom is 0.251 e. The van der Waals surface area contributed by atoms with Gasteiger partial charge in [0, 0.05) is 44.7 Å². The first-order chi connectivity index (χ1) is 11.6. The molecule has 0 bridgehead atoms. The van der Waals surface area contributed by atoms with Crippen molar-refractivity contribution in [2.45, 2.75) is 19.8 Å². The lowest BCUT2D eigenvalue weighted by Gasteiger charge is -2.26. The molecule has 6 nitrogen and oxygen atoms in total. The van der Waals surface area contributed by atoms with Gasteiger partial charge in [0.25, 0.3) is 5.91 Å². The summed E-state index contributed by atoms with van der Waals surface area (Å²) in [5.41, 5.74) is 2.60. The molecule has 1 aromatic carbocycles. The van der Waals surface area contributed by atoms with E-state index in [1.54, 1.807) is 0 Å². The number of aromatic nitrogens is 2. The van der Waals surface area contributed by atoms with Crippen molar-refractivity contribution in [1.82, 2.24) is 19.8 Å². The van der Waals surface area contributed by atoms with Crippen molar-refractivity contribution >= 4 is 16.9 Å². The molecule has 0 radical (unpaired) electrons. The van der Waals surface area contributed by atoms with Gasteiger partial charge in [0.05, 0.1) is 24.2 Å². The number of morpholine rings is 1. The van der Waals surface area contributed by atoms with Gasteiger partial charge in [0.15, 0.2) is 0 Å². The maximum atomic E-state index is 12.4. The van der Waals surface area contributed by atoms with E-state index in [-0.39, 0.29) is 5.91 Å². The fourth-order valence-electron chi connectivity index (χ4n) is 3.13. The number of hydrogen-bond donors (Lipinski definition) is 1. The molecule has 2 aromatic rings. The average molecular weight is 330 g/mol. The minimum absolute atomic E-state index is 0.0399. The van der Waals surface area contributed by atoms with Crippen molar-refractivity contribution in [3.05, 3.63) is 29.6 Å². The van der Waals surface area contributed by atoms with Crippen LogP contribution >= 0.6 is 0 Å². The van der Waals surface area contributed by atoms with Crippen molar-refractivity contribution in [3.63, 3.8) is 0 Å². The molecule has 1 saturated heterocycles. The van der Waals surface area contributed by atoms with Gasteiger partial charge in [0.2, 0.25) is 0 Å². The zero-order valence-corrected chi connectivity index (χ0v) is 14.7. The topological polar surface area (TPSA) is 59.4 Å². The summed E-state index contributed by atoms with van der Waals surface area (Å²) in [4.78, 5) is 19.3. The lowest BCUT2D eigenvalue weighted by atomic mass is 10.2. The summed E-state index contributed by atoms with van der Waals surface area (Å²) in [5, 5.41) is 3.00. The molecule has 130 valence electrons. The summed E-state index contributed by atoms with van der Waals surface area (Å²) >= 11 is 0. The van der Waals surface area contributed by atoms with Gasteiger partial charge in [-0.25, -0.2) is 4.98 Å². The Morgan fingerprint density at radius 1 is 1.33 bits per heavy atom. The number of fused-ring (bicyclic) bond motifs is 1. The average Bonchev–Trinajstić information content (AvgIpc) is 2.92. The molecule has 1 aliphatic heterocycles. The van der Waals surface area contributed by atoms with E-state index in [1.807, 2.05) is 25.2 Å². The molecule has 0 aliphatic carbocycles. The molecule has 0 spiro atoms. The van der Waals surface area contributed by atoms with Crippen molar-refractivity contribution in [1.29, 1.82) is 0 Å². The van der Waals surface area contributed by atoms with Gasteiger partial charge in [-0.15, -0.1) is 0 Å². The summed E-state index contributed by atoms with van der Waals surface area (Å²) in [5.74, 6) is 1.35. The van der Waals surface area contributed by atoms with E-state index < -0.39 is 0 Å². The molecule has 0 unspecified atom stereocenters. The second kappa shape index (κ2) is 7.32. The van der Waals surface area contributed by atoms with Crippen LogP contribution in [0.15, 0.2) is 18.2 Å². The Hall–Kier alpha value is -1.92. The fraction of sp³-hybridized carbons (Fsp3) is 0.556. The van der Waals surface area contributed by atoms with Gasteiger partial charge in [-0.1, -0.05) is 13.8 Å². The van der Waals surface area contributed by atoms with E-state index in [0.717, 1.165) is 49.7 Å². The van der Waals surface area contributed by atoms with E-state index in [9.17, 15) is 4.79 Å². The van der Waals surface area contributed by atoms with Crippen molar-refractivity contribution in [2.75, 3.05) is 39.4 Å². The Labute approximate surface area is 142 Å². The SMILES string of the molecule is CC(C)c1nc2cc(C(=O)NCCN3CCOCC3)ccc2n1C. The number of nitrogens with zero attached hydrogens (tertiary/aromatic N) is 3. The van der Waals surface area contributed by atoms with Crippen LogP contribution in [-0.2, 0) is 11.8 Å². The highest BCUT2D eigenvalue weighted by Gasteiger charge is 2.14. The molecule has 3 rings (SSSR count). The van der Waals surface area contributed by atoms with Crippen LogP contribution in [0.4, 0.5) is 0 Å². The number of rotatable bonds is 5. The van der Waals surface area contributed by atoms with Gasteiger partial charge < -0.3 is 14.6 Å². The number of ether oxygens (including phenoxy) is 1. The molecular weight excluding hydrogens is 304 g/mol. The third-order valence-electron chi connectivity index (χ3n) is 4.51. The highest BCUT2D eigenvalue weighted by molar-refractivity contribution is 5.97. The number of aryl methyl sites for hydroxylation is 1. The number of hydrogen-bond acceptors (Lipinski definition) is 4. The van der Waals surface area contributed by atoms with Crippen LogP contribution in [0.3, 0.4) is 0 Å². The Morgan fingerprint density at radius 3 is 2.79 bits per heavy atom. The summed E-state index contributed by atoms with van der Waals surface area (Å²) in [6.07, 6.45) is 0. The number of carbonyl (C=O) groups is 1. The predicted molar refractivity (Wildman–Crippen MR) is 94.4 cm³/mol. The monoisotopic (exact) mass is 330 g/mol. The Balaban J connectivity index is 1.64. The smallest absolute Gasteiger partial charge is 0.251 e. The molecule has 0 atom stereocenters. The molecule has 1 aromatic heterocycles. The molecule has 6 heteroatoms. The molecule has 1 amide bonds. The summed E-state index contributed by atoms with van der Waals surface area (Å²) < 4.78 is 7.43. The molecular formula is C18H26N4O2. The highest BCUT2D eigenvalue weighted by atomic mass is 16.5. The minimum Gasteiger partial charge on any atom is -0.379 e. The van der Waals surface area contributed by atoms with E-state index in [0.29, 0.717) is 18.0 Å². The second-order valence-corrected chi connectivity index (χ2v) is 6.60. The quantitative estimate of drug-likeness (QED) is 0.907. The molecule has 1 fully saturated rings. The highest BCUT2D eigenvalue weighted by Crippen LogP contribution is 2.21. The number of benzene rings is 1. The molecule has 0 saturated carbocycles. The fourth-order valence-corrected chi connectivity index (χ4v) is 3.13. The standard InChI is InChI=1S/C18H26N4O2/c1-13(2)17-20-15-12-14(4-5-16(15)21(17)3)18(23)19-6-7-22-8-10-24-11-9-22/h4-5,12-13H,6-11H2,1-3H3,(H,19,23).